The number of amides is 1. The SMILES string of the molecule is Cc1nccc(NC(=O)c2nc(C)sc2Nc2cc(F)ccn2)n1. The van der Waals surface area contributed by atoms with Gasteiger partial charge in [-0.05, 0) is 26.0 Å². The smallest absolute Gasteiger partial charge is 0.278 e. The van der Waals surface area contributed by atoms with Crippen molar-refractivity contribution in [3.05, 3.63) is 52.9 Å². The number of aryl methyl sites for hydroxylation is 2. The molecule has 9 heteroatoms. The Labute approximate surface area is 141 Å². The average Bonchev–Trinajstić information content (AvgIpc) is 2.88. The van der Waals surface area contributed by atoms with E-state index in [2.05, 4.69) is 30.6 Å². The number of aromatic nitrogens is 4. The maximum Gasteiger partial charge on any atom is 0.278 e. The second-order valence-electron chi connectivity index (χ2n) is 4.84. The molecule has 7 nitrogen and oxygen atoms in total. The Morgan fingerprint density at radius 2 is 1.92 bits per heavy atom. The molecule has 0 aromatic carbocycles. The number of nitrogens with zero attached hydrogens (tertiary/aromatic N) is 4. The molecule has 0 radical (unpaired) electrons. The van der Waals surface area contributed by atoms with Gasteiger partial charge in [0.25, 0.3) is 5.91 Å². The van der Waals surface area contributed by atoms with Crippen LogP contribution in [0.4, 0.5) is 21.0 Å². The predicted molar refractivity (Wildman–Crippen MR) is 89.1 cm³/mol. The zero-order chi connectivity index (χ0) is 17.1. The average molecular weight is 344 g/mol. The van der Waals surface area contributed by atoms with Gasteiger partial charge >= 0.3 is 0 Å². The van der Waals surface area contributed by atoms with Crippen LogP contribution < -0.4 is 10.6 Å². The van der Waals surface area contributed by atoms with E-state index in [-0.39, 0.29) is 5.69 Å². The van der Waals surface area contributed by atoms with Crippen LogP contribution >= 0.6 is 11.3 Å². The van der Waals surface area contributed by atoms with Crippen LogP contribution in [0.1, 0.15) is 21.3 Å². The van der Waals surface area contributed by atoms with Crippen molar-refractivity contribution < 1.29 is 9.18 Å². The van der Waals surface area contributed by atoms with Crippen molar-refractivity contribution >= 4 is 33.9 Å². The van der Waals surface area contributed by atoms with E-state index in [0.29, 0.717) is 27.5 Å². The van der Waals surface area contributed by atoms with Crippen LogP contribution in [-0.4, -0.2) is 25.8 Å². The summed E-state index contributed by atoms with van der Waals surface area (Å²) in [4.78, 5) is 28.8. The molecular weight excluding hydrogens is 331 g/mol. The summed E-state index contributed by atoms with van der Waals surface area (Å²) < 4.78 is 13.3. The third kappa shape index (κ3) is 3.69. The molecule has 3 aromatic rings. The Balaban J connectivity index is 1.84. The third-order valence-electron chi connectivity index (χ3n) is 2.93. The van der Waals surface area contributed by atoms with Crippen LogP contribution in [0.25, 0.3) is 0 Å². The first kappa shape index (κ1) is 15.9. The number of thiazole rings is 1. The molecule has 0 atom stereocenters. The largest absolute Gasteiger partial charge is 0.330 e. The predicted octanol–water partition coefficient (Wildman–Crippen LogP) is 3.08. The van der Waals surface area contributed by atoms with Crippen molar-refractivity contribution in [2.45, 2.75) is 13.8 Å². The fourth-order valence-corrected chi connectivity index (χ4v) is 2.78. The lowest BCUT2D eigenvalue weighted by Crippen LogP contribution is -2.15. The molecule has 3 heterocycles. The van der Waals surface area contributed by atoms with Gasteiger partial charge in [-0.2, -0.15) is 0 Å². The maximum absolute atomic E-state index is 13.3. The first-order valence-electron chi connectivity index (χ1n) is 6.98. The Morgan fingerprint density at radius 3 is 2.67 bits per heavy atom. The van der Waals surface area contributed by atoms with Crippen LogP contribution in [0.15, 0.2) is 30.6 Å². The lowest BCUT2D eigenvalue weighted by Gasteiger charge is -2.06. The molecule has 122 valence electrons. The monoisotopic (exact) mass is 344 g/mol. The number of hydrogen-bond donors (Lipinski definition) is 2. The molecule has 0 bridgehead atoms. The quantitative estimate of drug-likeness (QED) is 0.755. The highest BCUT2D eigenvalue weighted by atomic mass is 32.1. The highest BCUT2D eigenvalue weighted by Gasteiger charge is 2.18. The van der Waals surface area contributed by atoms with Crippen LogP contribution in [0.5, 0.6) is 0 Å². The van der Waals surface area contributed by atoms with Crippen molar-refractivity contribution in [2.75, 3.05) is 10.6 Å². The second-order valence-corrected chi connectivity index (χ2v) is 6.04. The fraction of sp³-hybridized carbons (Fsp3) is 0.133. The highest BCUT2D eigenvalue weighted by Crippen LogP contribution is 2.27. The van der Waals surface area contributed by atoms with E-state index in [1.54, 1.807) is 26.1 Å². The Bertz CT molecular complexity index is 897. The molecule has 0 unspecified atom stereocenters. The van der Waals surface area contributed by atoms with E-state index in [1.165, 1.54) is 29.7 Å². The first-order valence-corrected chi connectivity index (χ1v) is 7.80. The molecule has 0 saturated carbocycles. The fourth-order valence-electron chi connectivity index (χ4n) is 1.96. The van der Waals surface area contributed by atoms with Crippen LogP contribution in [0.3, 0.4) is 0 Å². The van der Waals surface area contributed by atoms with E-state index in [9.17, 15) is 9.18 Å². The Morgan fingerprint density at radius 1 is 1.12 bits per heavy atom. The molecule has 3 rings (SSSR count). The van der Waals surface area contributed by atoms with Crippen molar-refractivity contribution in [3.63, 3.8) is 0 Å². The number of rotatable bonds is 4. The van der Waals surface area contributed by atoms with Gasteiger partial charge in [-0.3, -0.25) is 4.79 Å². The van der Waals surface area contributed by atoms with Gasteiger partial charge in [0.05, 0.1) is 5.01 Å². The summed E-state index contributed by atoms with van der Waals surface area (Å²) in [5.41, 5.74) is 0.194. The zero-order valence-corrected chi connectivity index (χ0v) is 13.7. The summed E-state index contributed by atoms with van der Waals surface area (Å²) in [7, 11) is 0. The van der Waals surface area contributed by atoms with E-state index >= 15 is 0 Å². The molecule has 0 fully saturated rings. The van der Waals surface area contributed by atoms with Crippen molar-refractivity contribution in [1.82, 2.24) is 19.9 Å². The van der Waals surface area contributed by atoms with Gasteiger partial charge in [-0.25, -0.2) is 24.3 Å². The molecule has 1 amide bonds. The summed E-state index contributed by atoms with van der Waals surface area (Å²) >= 11 is 1.28. The van der Waals surface area contributed by atoms with E-state index in [1.807, 2.05) is 0 Å². The summed E-state index contributed by atoms with van der Waals surface area (Å²) in [5.74, 6) is 0.385. The topological polar surface area (TPSA) is 92.7 Å². The molecule has 24 heavy (non-hydrogen) atoms. The number of hydrogen-bond acceptors (Lipinski definition) is 7. The molecule has 0 saturated heterocycles. The molecular formula is C15H13FN6OS. The summed E-state index contributed by atoms with van der Waals surface area (Å²) in [6, 6.07) is 4.07. The van der Waals surface area contributed by atoms with E-state index < -0.39 is 11.7 Å². The third-order valence-corrected chi connectivity index (χ3v) is 3.82. The molecule has 2 N–H and O–H groups in total. The minimum atomic E-state index is -0.420. The first-order chi connectivity index (χ1) is 11.5. The normalized spacial score (nSPS) is 10.5. The van der Waals surface area contributed by atoms with Gasteiger partial charge in [0.15, 0.2) is 5.69 Å². The van der Waals surface area contributed by atoms with Crippen molar-refractivity contribution in [1.29, 1.82) is 0 Å². The minimum absolute atomic E-state index is 0.194. The molecule has 0 aliphatic carbocycles. The number of nitrogens with one attached hydrogen (secondary N) is 2. The van der Waals surface area contributed by atoms with Gasteiger partial charge in [0.2, 0.25) is 0 Å². The Kier molecular flexibility index (Phi) is 4.43. The van der Waals surface area contributed by atoms with Gasteiger partial charge in [0, 0.05) is 18.5 Å². The standard InChI is InChI=1S/C15H13FN6OS/c1-8-17-6-4-11(19-8)21-14(23)13-15(24-9(2)20-13)22-12-7-10(16)3-5-18-12/h3-7H,1-2H3,(H,18,22)(H,17,19,21,23). The minimum Gasteiger partial charge on any atom is -0.330 e. The number of carbonyl (C=O) groups is 1. The van der Waals surface area contributed by atoms with E-state index in [4.69, 9.17) is 0 Å². The number of halogens is 1. The summed E-state index contributed by atoms with van der Waals surface area (Å²) in [6.07, 6.45) is 2.90. The van der Waals surface area contributed by atoms with E-state index in [0.717, 1.165) is 0 Å². The van der Waals surface area contributed by atoms with Gasteiger partial charge in [-0.15, -0.1) is 11.3 Å². The number of carbonyl (C=O) groups excluding carboxylic acids is 1. The number of pyridine rings is 1. The lowest BCUT2D eigenvalue weighted by atomic mass is 10.4. The maximum atomic E-state index is 13.3. The summed E-state index contributed by atoms with van der Waals surface area (Å²) in [6.45, 7) is 3.51. The van der Waals surface area contributed by atoms with Crippen LogP contribution in [0, 0.1) is 19.7 Å². The second kappa shape index (κ2) is 6.67. The van der Waals surface area contributed by atoms with Gasteiger partial charge in [0.1, 0.15) is 28.3 Å². The van der Waals surface area contributed by atoms with Gasteiger partial charge in [-0.1, -0.05) is 0 Å². The van der Waals surface area contributed by atoms with Crippen molar-refractivity contribution in [2.24, 2.45) is 0 Å². The molecule has 3 aromatic heterocycles. The van der Waals surface area contributed by atoms with Crippen LogP contribution in [-0.2, 0) is 0 Å². The number of anilines is 3. The van der Waals surface area contributed by atoms with Crippen molar-refractivity contribution in [3.8, 4) is 0 Å². The zero-order valence-electron chi connectivity index (χ0n) is 12.9. The Hall–Kier alpha value is -2.94. The molecule has 0 aliphatic rings. The van der Waals surface area contributed by atoms with Crippen LogP contribution in [0.2, 0.25) is 0 Å². The molecule has 0 spiro atoms. The highest BCUT2D eigenvalue weighted by molar-refractivity contribution is 7.16. The van der Waals surface area contributed by atoms with Gasteiger partial charge < -0.3 is 10.6 Å². The summed E-state index contributed by atoms with van der Waals surface area (Å²) in [5, 5.41) is 6.77. The molecule has 0 aliphatic heterocycles. The lowest BCUT2D eigenvalue weighted by molar-refractivity contribution is 0.102.